The van der Waals surface area contributed by atoms with Crippen LogP contribution in [0.15, 0.2) is 36.4 Å². The van der Waals surface area contributed by atoms with E-state index in [1.54, 1.807) is 14.2 Å². The zero-order valence-electron chi connectivity index (χ0n) is 23.6. The van der Waals surface area contributed by atoms with Crippen molar-refractivity contribution in [2.75, 3.05) is 52.2 Å². The van der Waals surface area contributed by atoms with Crippen LogP contribution in [-0.2, 0) is 24.1 Å². The number of rotatable bonds is 9. The number of nitrogens with zero attached hydrogens (tertiary/aromatic N) is 4. The van der Waals surface area contributed by atoms with E-state index in [0.717, 1.165) is 53.6 Å². The van der Waals surface area contributed by atoms with E-state index in [0.29, 0.717) is 55.7 Å². The van der Waals surface area contributed by atoms with E-state index in [4.69, 9.17) is 23.9 Å². The molecule has 4 heterocycles. The predicted octanol–water partition coefficient (Wildman–Crippen LogP) is 5.06. The molecule has 2 fully saturated rings. The SMILES string of the molecule is C=C1CN2CCC[C@@]2(COc2nc3c(c(OC)n2)CCN(c2cc(OCOC)cc4ccc(F)c(CC)c24)C3)C1. The molecule has 0 unspecified atom stereocenters. The highest BCUT2D eigenvalue weighted by molar-refractivity contribution is 5.98. The van der Waals surface area contributed by atoms with Crippen LogP contribution < -0.4 is 19.1 Å². The van der Waals surface area contributed by atoms with Gasteiger partial charge >= 0.3 is 6.01 Å². The molecule has 8 nitrogen and oxygen atoms in total. The van der Waals surface area contributed by atoms with E-state index in [1.165, 1.54) is 18.1 Å². The number of methoxy groups -OCH3 is 2. The number of halogens is 1. The smallest absolute Gasteiger partial charge is 0.320 e. The van der Waals surface area contributed by atoms with Crippen LogP contribution in [0.3, 0.4) is 0 Å². The van der Waals surface area contributed by atoms with Crippen LogP contribution in [0.5, 0.6) is 17.6 Å². The Morgan fingerprint density at radius 1 is 1.10 bits per heavy atom. The molecule has 1 aromatic heterocycles. The quantitative estimate of drug-likeness (QED) is 0.272. The second kappa shape index (κ2) is 10.9. The fourth-order valence-electron chi connectivity index (χ4n) is 6.73. The number of hydrogen-bond donors (Lipinski definition) is 0. The largest absolute Gasteiger partial charge is 0.481 e. The monoisotopic (exact) mass is 548 g/mol. The molecular formula is C31H37FN4O4. The average Bonchev–Trinajstić information content (AvgIpc) is 3.49. The molecule has 0 bridgehead atoms. The fraction of sp³-hybridized carbons (Fsp3) is 0.484. The Labute approximate surface area is 234 Å². The molecule has 3 aromatic rings. The van der Waals surface area contributed by atoms with Gasteiger partial charge in [0.2, 0.25) is 5.88 Å². The molecular weight excluding hydrogens is 511 g/mol. The molecule has 1 atom stereocenters. The molecule has 212 valence electrons. The minimum Gasteiger partial charge on any atom is -0.481 e. The van der Waals surface area contributed by atoms with Crippen molar-refractivity contribution in [3.63, 3.8) is 0 Å². The molecule has 6 rings (SSSR count). The number of aryl methyl sites for hydroxylation is 1. The first-order valence-corrected chi connectivity index (χ1v) is 14.0. The lowest BCUT2D eigenvalue weighted by atomic mass is 9.94. The maximum absolute atomic E-state index is 15.0. The van der Waals surface area contributed by atoms with Gasteiger partial charge in [0, 0.05) is 42.9 Å². The number of aromatic nitrogens is 2. The van der Waals surface area contributed by atoms with Gasteiger partial charge in [0.1, 0.15) is 18.2 Å². The zero-order valence-corrected chi connectivity index (χ0v) is 23.6. The van der Waals surface area contributed by atoms with Crippen molar-refractivity contribution in [2.24, 2.45) is 0 Å². The number of benzene rings is 2. The predicted molar refractivity (Wildman–Crippen MR) is 152 cm³/mol. The number of anilines is 1. The summed E-state index contributed by atoms with van der Waals surface area (Å²) in [6.07, 6.45) is 4.48. The van der Waals surface area contributed by atoms with E-state index in [-0.39, 0.29) is 18.1 Å². The first-order valence-electron chi connectivity index (χ1n) is 14.0. The fourth-order valence-corrected chi connectivity index (χ4v) is 6.73. The molecule has 40 heavy (non-hydrogen) atoms. The molecule has 2 saturated heterocycles. The summed E-state index contributed by atoms with van der Waals surface area (Å²) in [5.41, 5.74) is 4.69. The van der Waals surface area contributed by atoms with Gasteiger partial charge < -0.3 is 23.8 Å². The van der Waals surface area contributed by atoms with Gasteiger partial charge in [-0.3, -0.25) is 4.90 Å². The van der Waals surface area contributed by atoms with E-state index in [1.807, 2.05) is 25.1 Å². The molecule has 0 N–H and O–H groups in total. The molecule has 0 spiro atoms. The molecule has 9 heteroatoms. The minimum atomic E-state index is -0.200. The maximum Gasteiger partial charge on any atom is 0.320 e. The van der Waals surface area contributed by atoms with Gasteiger partial charge in [-0.15, -0.1) is 0 Å². The van der Waals surface area contributed by atoms with Gasteiger partial charge in [-0.2, -0.15) is 9.97 Å². The van der Waals surface area contributed by atoms with Gasteiger partial charge in [-0.1, -0.05) is 25.1 Å². The van der Waals surface area contributed by atoms with Gasteiger partial charge in [0.25, 0.3) is 0 Å². The van der Waals surface area contributed by atoms with Gasteiger partial charge in [-0.25, -0.2) is 4.39 Å². The summed E-state index contributed by atoms with van der Waals surface area (Å²) in [5, 5.41) is 1.82. The zero-order chi connectivity index (χ0) is 27.9. The molecule has 3 aliphatic heterocycles. The first-order chi connectivity index (χ1) is 19.4. The summed E-state index contributed by atoms with van der Waals surface area (Å²) in [4.78, 5) is 14.2. The van der Waals surface area contributed by atoms with E-state index >= 15 is 0 Å². The Kier molecular flexibility index (Phi) is 7.27. The minimum absolute atomic E-state index is 0.0161. The normalized spacial score (nSPS) is 20.6. The van der Waals surface area contributed by atoms with Crippen LogP contribution in [0.4, 0.5) is 10.1 Å². The highest BCUT2D eigenvalue weighted by atomic mass is 19.1. The Balaban J connectivity index is 1.33. The van der Waals surface area contributed by atoms with Crippen molar-refractivity contribution >= 4 is 16.5 Å². The Hall–Kier alpha value is -3.43. The summed E-state index contributed by atoms with van der Waals surface area (Å²) < 4.78 is 37.9. The lowest BCUT2D eigenvalue weighted by Crippen LogP contribution is -2.43. The molecule has 2 aromatic carbocycles. The van der Waals surface area contributed by atoms with E-state index in [2.05, 4.69) is 21.4 Å². The summed E-state index contributed by atoms with van der Waals surface area (Å²) in [7, 11) is 3.23. The molecule has 3 aliphatic rings. The first kappa shape index (κ1) is 26.8. The second-order valence-electron chi connectivity index (χ2n) is 11.0. The Morgan fingerprint density at radius 2 is 1.98 bits per heavy atom. The third-order valence-corrected chi connectivity index (χ3v) is 8.56. The topological polar surface area (TPSA) is 69.2 Å². The van der Waals surface area contributed by atoms with Crippen molar-refractivity contribution < 1.29 is 23.3 Å². The molecule has 0 saturated carbocycles. The van der Waals surface area contributed by atoms with Crippen LogP contribution >= 0.6 is 0 Å². The Bertz CT molecular complexity index is 1450. The van der Waals surface area contributed by atoms with Crippen LogP contribution in [0.25, 0.3) is 10.8 Å². The third kappa shape index (κ3) is 4.75. The summed E-state index contributed by atoms with van der Waals surface area (Å²) >= 11 is 0. The average molecular weight is 549 g/mol. The maximum atomic E-state index is 15.0. The van der Waals surface area contributed by atoms with Crippen molar-refractivity contribution in [2.45, 2.75) is 51.1 Å². The number of hydrogen-bond acceptors (Lipinski definition) is 8. The molecule has 0 radical (unpaired) electrons. The van der Waals surface area contributed by atoms with Crippen molar-refractivity contribution in [1.82, 2.24) is 14.9 Å². The van der Waals surface area contributed by atoms with Gasteiger partial charge in [0.15, 0.2) is 6.79 Å². The second-order valence-corrected chi connectivity index (χ2v) is 11.0. The molecule has 0 amide bonds. The lowest BCUT2D eigenvalue weighted by molar-refractivity contribution is 0.0512. The van der Waals surface area contributed by atoms with Gasteiger partial charge in [-0.05, 0) is 61.7 Å². The number of ether oxygens (including phenoxy) is 4. The lowest BCUT2D eigenvalue weighted by Gasteiger charge is -2.33. The summed E-state index contributed by atoms with van der Waals surface area (Å²) in [5.74, 6) is 1.03. The highest BCUT2D eigenvalue weighted by Gasteiger charge is 2.46. The van der Waals surface area contributed by atoms with Crippen LogP contribution in [0.2, 0.25) is 0 Å². The van der Waals surface area contributed by atoms with E-state index in [9.17, 15) is 4.39 Å². The Morgan fingerprint density at radius 3 is 2.77 bits per heavy atom. The van der Waals surface area contributed by atoms with Crippen LogP contribution in [0.1, 0.15) is 43.0 Å². The van der Waals surface area contributed by atoms with Crippen molar-refractivity contribution in [3.8, 4) is 17.6 Å². The summed E-state index contributed by atoms with van der Waals surface area (Å²) in [6.45, 7) is 10.1. The summed E-state index contributed by atoms with van der Waals surface area (Å²) in [6, 6.07) is 7.59. The van der Waals surface area contributed by atoms with Crippen molar-refractivity contribution in [1.29, 1.82) is 0 Å². The van der Waals surface area contributed by atoms with Gasteiger partial charge in [0.05, 0.1) is 24.9 Å². The van der Waals surface area contributed by atoms with Crippen molar-refractivity contribution in [3.05, 3.63) is 59.1 Å². The molecule has 0 aliphatic carbocycles. The third-order valence-electron chi connectivity index (χ3n) is 8.56. The number of fused-ring (bicyclic) bond motifs is 3. The van der Waals surface area contributed by atoms with E-state index < -0.39 is 0 Å². The standard InChI is InChI=1S/C31H37FN4O4/c1-5-23-25(32)8-7-21-13-22(40-19-37-3)14-27(28(21)23)35-12-9-24-26(17-35)33-30(34-29(24)38-4)39-18-31-10-6-11-36(31)16-20(2)15-31/h7-8,13-14H,2,5-6,9-12,15-19H2,1,3-4H3/t31-/m0/s1. The van der Waals surface area contributed by atoms with Crippen LogP contribution in [0, 0.1) is 5.82 Å². The van der Waals surface area contributed by atoms with Crippen LogP contribution in [-0.4, -0.2) is 67.7 Å². The highest BCUT2D eigenvalue weighted by Crippen LogP contribution is 2.42.